The number of halogens is 2. The lowest BCUT2D eigenvalue weighted by atomic mass is 10.0. The van der Waals surface area contributed by atoms with Crippen LogP contribution in [0.1, 0.15) is 31.2 Å². The van der Waals surface area contributed by atoms with Gasteiger partial charge in [0.2, 0.25) is 0 Å². The van der Waals surface area contributed by atoms with Crippen molar-refractivity contribution in [3.63, 3.8) is 0 Å². The van der Waals surface area contributed by atoms with Gasteiger partial charge in [-0.3, -0.25) is 0 Å². The number of hydrogen-bond acceptors (Lipinski definition) is 3. The molecule has 0 amide bonds. The Kier molecular flexibility index (Phi) is 6.28. The van der Waals surface area contributed by atoms with Crippen LogP contribution >= 0.6 is 15.9 Å². The maximum absolute atomic E-state index is 11.7. The zero-order chi connectivity index (χ0) is 18.1. The smallest absolute Gasteiger partial charge is 0.271 e. The zero-order valence-corrected chi connectivity index (χ0v) is 18.5. The molecule has 2 aliphatic heterocycles. The highest BCUT2D eigenvalue weighted by atomic mass is 79.9. The van der Waals surface area contributed by atoms with E-state index in [0.717, 1.165) is 47.3 Å². The summed E-state index contributed by atoms with van der Waals surface area (Å²) in [6.07, 6.45) is 4.46. The summed E-state index contributed by atoms with van der Waals surface area (Å²) in [5.41, 5.74) is 1.04. The van der Waals surface area contributed by atoms with E-state index >= 15 is 0 Å². The van der Waals surface area contributed by atoms with Gasteiger partial charge in [0, 0.05) is 16.5 Å². The Labute approximate surface area is 179 Å². The van der Waals surface area contributed by atoms with Crippen LogP contribution in [0.4, 0.5) is 5.69 Å². The largest absolute Gasteiger partial charge is 1.00 e. The molecule has 1 unspecified atom stereocenters. The van der Waals surface area contributed by atoms with Gasteiger partial charge < -0.3 is 26.8 Å². The van der Waals surface area contributed by atoms with Gasteiger partial charge >= 0.3 is 0 Å². The molecule has 2 aromatic rings. The maximum Gasteiger partial charge on any atom is 0.271 e. The van der Waals surface area contributed by atoms with Crippen molar-refractivity contribution in [3.8, 4) is 5.75 Å². The number of aliphatic hydroxyl groups is 1. The third-order valence-electron chi connectivity index (χ3n) is 5.42. The molecule has 6 heteroatoms. The minimum absolute atomic E-state index is 0. The first-order valence-corrected chi connectivity index (χ1v) is 9.94. The van der Waals surface area contributed by atoms with Crippen LogP contribution in [0.3, 0.4) is 0 Å². The Morgan fingerprint density at radius 1 is 1.04 bits per heavy atom. The molecule has 2 aromatic carbocycles. The summed E-state index contributed by atoms with van der Waals surface area (Å²) in [4.78, 5) is 2.27. The Hall–Kier alpha value is -1.37. The van der Waals surface area contributed by atoms with Gasteiger partial charge in [-0.25, -0.2) is 9.48 Å². The molecule has 2 aliphatic rings. The van der Waals surface area contributed by atoms with E-state index in [9.17, 15) is 5.11 Å². The monoisotopic (exact) mass is 494 g/mol. The molecule has 1 atom stereocenters. The zero-order valence-electron chi connectivity index (χ0n) is 15.4. The minimum Gasteiger partial charge on any atom is -1.00 e. The molecule has 0 fully saturated rings. The number of methoxy groups -OCH3 is 1. The fraction of sp³-hybridized carbons (Fsp3) is 0.381. The van der Waals surface area contributed by atoms with Crippen molar-refractivity contribution in [2.24, 2.45) is 0 Å². The number of amidine groups is 1. The van der Waals surface area contributed by atoms with Gasteiger partial charge in [-0.1, -0.05) is 28.1 Å². The van der Waals surface area contributed by atoms with Gasteiger partial charge in [-0.2, -0.15) is 0 Å². The molecule has 0 aromatic heterocycles. The van der Waals surface area contributed by atoms with Crippen LogP contribution in [0.25, 0.3) is 0 Å². The second-order valence-corrected chi connectivity index (χ2v) is 7.90. The van der Waals surface area contributed by atoms with Crippen LogP contribution in [0, 0.1) is 0 Å². The van der Waals surface area contributed by atoms with Gasteiger partial charge in [0.15, 0.2) is 6.54 Å². The van der Waals surface area contributed by atoms with E-state index in [1.165, 1.54) is 12.3 Å². The van der Waals surface area contributed by atoms with Crippen molar-refractivity contribution in [3.05, 3.63) is 58.6 Å². The van der Waals surface area contributed by atoms with Crippen LogP contribution in [0.5, 0.6) is 5.75 Å². The SMILES string of the molecule is COc1ccc(N2CC(O)(c3ccc(Br)cc3)[N+]3=C2CCCCC3)cc1.[Br-]. The summed E-state index contributed by atoms with van der Waals surface area (Å²) in [5.74, 6) is 2.07. The molecule has 0 saturated carbocycles. The normalized spacial score (nSPS) is 22.1. The first kappa shape index (κ1) is 20.4. The average molecular weight is 496 g/mol. The van der Waals surface area contributed by atoms with Crippen LogP contribution < -0.4 is 26.6 Å². The molecule has 0 aliphatic carbocycles. The van der Waals surface area contributed by atoms with Crippen molar-refractivity contribution in [2.75, 3.05) is 25.1 Å². The first-order chi connectivity index (χ1) is 12.6. The molecule has 0 spiro atoms. The summed E-state index contributed by atoms with van der Waals surface area (Å²) < 4.78 is 8.53. The van der Waals surface area contributed by atoms with E-state index in [0.29, 0.717) is 6.54 Å². The van der Waals surface area contributed by atoms with Gasteiger partial charge in [0.25, 0.3) is 11.6 Å². The lowest BCUT2D eigenvalue weighted by Gasteiger charge is -2.23. The van der Waals surface area contributed by atoms with Crippen LogP contribution in [-0.2, 0) is 5.72 Å². The highest BCUT2D eigenvalue weighted by molar-refractivity contribution is 9.10. The van der Waals surface area contributed by atoms with Gasteiger partial charge in [0.05, 0.1) is 13.7 Å². The first-order valence-electron chi connectivity index (χ1n) is 9.15. The Bertz CT molecular complexity index is 821. The van der Waals surface area contributed by atoms with Gasteiger partial charge in [0.1, 0.15) is 11.4 Å². The summed E-state index contributed by atoms with van der Waals surface area (Å²) in [6.45, 7) is 1.42. The molecule has 27 heavy (non-hydrogen) atoms. The van der Waals surface area contributed by atoms with E-state index < -0.39 is 5.72 Å². The fourth-order valence-corrected chi connectivity index (χ4v) is 4.30. The Morgan fingerprint density at radius 2 is 1.74 bits per heavy atom. The van der Waals surface area contributed by atoms with Crippen LogP contribution in [0.2, 0.25) is 0 Å². The fourth-order valence-electron chi connectivity index (χ4n) is 4.04. The van der Waals surface area contributed by atoms with E-state index in [4.69, 9.17) is 4.74 Å². The maximum atomic E-state index is 11.7. The van der Waals surface area contributed by atoms with Crippen molar-refractivity contribution in [1.29, 1.82) is 0 Å². The third kappa shape index (κ3) is 3.80. The van der Waals surface area contributed by atoms with E-state index in [1.807, 2.05) is 36.4 Å². The van der Waals surface area contributed by atoms with Gasteiger partial charge in [-0.15, -0.1) is 0 Å². The second-order valence-electron chi connectivity index (χ2n) is 6.99. The molecule has 0 saturated heterocycles. The minimum atomic E-state index is -1.000. The number of ether oxygens (including phenoxy) is 1. The van der Waals surface area contributed by atoms with Crippen molar-refractivity contribution in [1.82, 2.24) is 0 Å². The molecule has 0 radical (unpaired) electrons. The third-order valence-corrected chi connectivity index (χ3v) is 5.95. The Balaban J connectivity index is 0.00000210. The summed E-state index contributed by atoms with van der Waals surface area (Å²) in [5, 5.41) is 11.7. The topological polar surface area (TPSA) is 35.7 Å². The quantitative estimate of drug-likeness (QED) is 0.648. The Morgan fingerprint density at radius 3 is 2.41 bits per heavy atom. The van der Waals surface area contributed by atoms with E-state index in [-0.39, 0.29) is 17.0 Å². The average Bonchev–Trinajstić information content (AvgIpc) is 2.82. The number of hydrogen-bond donors (Lipinski definition) is 1. The number of rotatable bonds is 3. The summed E-state index contributed by atoms with van der Waals surface area (Å²) >= 11 is 3.49. The molecular formula is C21H24Br2N2O2. The molecule has 4 nitrogen and oxygen atoms in total. The highest BCUT2D eigenvalue weighted by Crippen LogP contribution is 2.36. The highest BCUT2D eigenvalue weighted by Gasteiger charge is 2.51. The molecule has 4 rings (SSSR count). The van der Waals surface area contributed by atoms with Crippen molar-refractivity contribution < 1.29 is 31.4 Å². The van der Waals surface area contributed by atoms with Crippen LogP contribution in [0.15, 0.2) is 53.0 Å². The number of anilines is 1. The lowest BCUT2D eigenvalue weighted by Crippen LogP contribution is -3.00. The molecule has 1 N–H and O–H groups in total. The lowest BCUT2D eigenvalue weighted by molar-refractivity contribution is -0.658. The molecule has 2 heterocycles. The summed E-state index contributed by atoms with van der Waals surface area (Å²) in [6, 6.07) is 16.1. The molecular weight excluding hydrogens is 472 g/mol. The van der Waals surface area contributed by atoms with Crippen LogP contribution in [-0.4, -0.2) is 35.7 Å². The van der Waals surface area contributed by atoms with Crippen molar-refractivity contribution in [2.45, 2.75) is 31.4 Å². The second kappa shape index (κ2) is 8.33. The van der Waals surface area contributed by atoms with Gasteiger partial charge in [-0.05, 0) is 55.7 Å². The number of benzene rings is 2. The predicted octanol–water partition coefficient (Wildman–Crippen LogP) is 1.11. The van der Waals surface area contributed by atoms with Crippen molar-refractivity contribution >= 4 is 27.5 Å². The number of β-amino-alcohol motifs (C(OH)–C–C–N with tert-alkyl or cyclic N) is 1. The standard InChI is InChI=1S/C21H24BrN2O2.BrH/c1-26-19-12-10-18(11-13-19)23-15-21(25,16-6-8-17(22)9-7-16)24-14-4-2-3-5-20(23)24;/h6-13,25H,2-5,14-15H2,1H3;1H/q+1;/p-1. The summed E-state index contributed by atoms with van der Waals surface area (Å²) in [7, 11) is 1.68. The van der Waals surface area contributed by atoms with E-state index in [1.54, 1.807) is 7.11 Å². The molecule has 144 valence electrons. The number of nitrogens with zero attached hydrogens (tertiary/aromatic N) is 2. The predicted molar refractivity (Wildman–Crippen MR) is 107 cm³/mol. The molecule has 0 bridgehead atoms. The van der Waals surface area contributed by atoms with E-state index in [2.05, 4.69) is 37.5 Å².